The highest BCUT2D eigenvalue weighted by molar-refractivity contribution is 4.79. The molecular weight excluding hydrogens is 228 g/mol. The van der Waals surface area contributed by atoms with Gasteiger partial charge in [-0.3, -0.25) is 0 Å². The van der Waals surface area contributed by atoms with Crippen LogP contribution in [0.4, 0.5) is 0 Å². The molecule has 3 unspecified atom stereocenters. The molecule has 0 bridgehead atoms. The molecule has 0 aliphatic heterocycles. The molecule has 0 amide bonds. The monoisotopic (exact) mass is 268 g/mol. The highest BCUT2D eigenvalue weighted by Gasteiger charge is 2.29. The van der Waals surface area contributed by atoms with Gasteiger partial charge in [-0.25, -0.2) is 0 Å². The van der Waals surface area contributed by atoms with Crippen molar-refractivity contribution in [3.63, 3.8) is 0 Å². The molecule has 0 saturated heterocycles. The Morgan fingerprint density at radius 3 is 1.89 bits per heavy atom. The third-order valence-electron chi connectivity index (χ3n) is 5.47. The molecule has 0 heteroatoms. The van der Waals surface area contributed by atoms with Crippen LogP contribution in [-0.2, 0) is 0 Å². The van der Waals surface area contributed by atoms with Crippen LogP contribution < -0.4 is 0 Å². The van der Waals surface area contributed by atoms with E-state index in [2.05, 4.69) is 55.4 Å². The molecule has 0 fully saturated rings. The van der Waals surface area contributed by atoms with Gasteiger partial charge >= 0.3 is 0 Å². The van der Waals surface area contributed by atoms with E-state index in [0.29, 0.717) is 5.41 Å². The summed E-state index contributed by atoms with van der Waals surface area (Å²) in [6.45, 7) is 19.3. The Morgan fingerprint density at radius 1 is 0.895 bits per heavy atom. The Morgan fingerprint density at radius 2 is 1.47 bits per heavy atom. The highest BCUT2D eigenvalue weighted by Crippen LogP contribution is 2.39. The molecule has 0 spiro atoms. The van der Waals surface area contributed by atoms with Gasteiger partial charge in [0.05, 0.1) is 0 Å². The lowest BCUT2D eigenvalue weighted by Gasteiger charge is -2.37. The summed E-state index contributed by atoms with van der Waals surface area (Å²) in [5.74, 6) is 3.48. The minimum Gasteiger partial charge on any atom is -0.0654 e. The quantitative estimate of drug-likeness (QED) is 0.402. The standard InChI is InChI=1S/C19H40/c1-9-11-12-18(13-15(3)4)14-16(5)17(6)19(7,8)10-2/h15-18H,9-14H2,1-8H3. The minimum absolute atomic E-state index is 0.493. The smallest absolute Gasteiger partial charge is 0.0329 e. The summed E-state index contributed by atoms with van der Waals surface area (Å²) in [7, 11) is 0. The van der Waals surface area contributed by atoms with E-state index in [-0.39, 0.29) is 0 Å². The third kappa shape index (κ3) is 7.37. The summed E-state index contributed by atoms with van der Waals surface area (Å²) >= 11 is 0. The molecule has 0 rings (SSSR count). The maximum absolute atomic E-state index is 2.49. The molecule has 0 N–H and O–H groups in total. The van der Waals surface area contributed by atoms with Gasteiger partial charge in [-0.1, -0.05) is 81.1 Å². The van der Waals surface area contributed by atoms with Crippen LogP contribution in [0.15, 0.2) is 0 Å². The second-order valence-electron chi connectivity index (χ2n) is 7.98. The van der Waals surface area contributed by atoms with Crippen molar-refractivity contribution < 1.29 is 0 Å². The maximum Gasteiger partial charge on any atom is -0.0329 e. The maximum atomic E-state index is 2.49. The number of unbranched alkanes of at least 4 members (excludes halogenated alkanes) is 1. The normalized spacial score (nSPS) is 17.5. The second kappa shape index (κ2) is 9.03. The van der Waals surface area contributed by atoms with Crippen molar-refractivity contribution in [1.82, 2.24) is 0 Å². The van der Waals surface area contributed by atoms with Crippen LogP contribution in [0.3, 0.4) is 0 Å². The summed E-state index contributed by atoms with van der Waals surface area (Å²) < 4.78 is 0. The van der Waals surface area contributed by atoms with E-state index in [1.54, 1.807) is 0 Å². The van der Waals surface area contributed by atoms with Crippen LogP contribution in [0.2, 0.25) is 0 Å². The zero-order valence-electron chi connectivity index (χ0n) is 15.1. The van der Waals surface area contributed by atoms with Gasteiger partial charge in [0.15, 0.2) is 0 Å². The number of hydrogen-bond donors (Lipinski definition) is 0. The number of rotatable bonds is 10. The SMILES string of the molecule is CCCCC(CC(C)C)CC(C)C(C)C(C)(C)CC. The Kier molecular flexibility index (Phi) is 9.03. The summed E-state index contributed by atoms with van der Waals surface area (Å²) in [4.78, 5) is 0. The number of hydrogen-bond acceptors (Lipinski definition) is 0. The first-order valence-electron chi connectivity index (χ1n) is 8.74. The fourth-order valence-electron chi connectivity index (χ4n) is 3.31. The van der Waals surface area contributed by atoms with Gasteiger partial charge in [-0.05, 0) is 41.9 Å². The largest absolute Gasteiger partial charge is 0.0654 e. The molecule has 0 saturated carbocycles. The van der Waals surface area contributed by atoms with Gasteiger partial charge in [-0.15, -0.1) is 0 Å². The predicted octanol–water partition coefficient (Wildman–Crippen LogP) is 6.94. The molecule has 116 valence electrons. The summed E-state index contributed by atoms with van der Waals surface area (Å²) in [5, 5.41) is 0. The zero-order valence-corrected chi connectivity index (χ0v) is 15.1. The van der Waals surface area contributed by atoms with Crippen molar-refractivity contribution in [2.24, 2.45) is 29.1 Å². The van der Waals surface area contributed by atoms with Crippen molar-refractivity contribution in [3.05, 3.63) is 0 Å². The fourth-order valence-corrected chi connectivity index (χ4v) is 3.31. The van der Waals surface area contributed by atoms with Gasteiger partial charge < -0.3 is 0 Å². The molecule has 0 aliphatic rings. The molecule has 19 heavy (non-hydrogen) atoms. The highest BCUT2D eigenvalue weighted by atomic mass is 14.3. The topological polar surface area (TPSA) is 0 Å². The van der Waals surface area contributed by atoms with Crippen molar-refractivity contribution in [1.29, 1.82) is 0 Å². The lowest BCUT2D eigenvalue weighted by atomic mass is 9.69. The van der Waals surface area contributed by atoms with E-state index >= 15 is 0 Å². The van der Waals surface area contributed by atoms with Gasteiger partial charge in [-0.2, -0.15) is 0 Å². The molecule has 0 aromatic carbocycles. The van der Waals surface area contributed by atoms with Crippen LogP contribution in [-0.4, -0.2) is 0 Å². The summed E-state index contributed by atoms with van der Waals surface area (Å²) in [6.07, 6.45) is 8.35. The first kappa shape index (κ1) is 19.0. The van der Waals surface area contributed by atoms with E-state index in [1.165, 1.54) is 38.5 Å². The van der Waals surface area contributed by atoms with Gasteiger partial charge in [0, 0.05) is 0 Å². The average molecular weight is 269 g/mol. The molecule has 0 radical (unpaired) electrons. The second-order valence-corrected chi connectivity index (χ2v) is 7.98. The minimum atomic E-state index is 0.493. The Labute approximate surface area is 123 Å². The Hall–Kier alpha value is 0. The molecule has 0 aliphatic carbocycles. The van der Waals surface area contributed by atoms with E-state index < -0.39 is 0 Å². The summed E-state index contributed by atoms with van der Waals surface area (Å²) in [5.41, 5.74) is 0.493. The lowest BCUT2D eigenvalue weighted by molar-refractivity contribution is 0.133. The first-order valence-corrected chi connectivity index (χ1v) is 8.74. The molecule has 0 heterocycles. The molecular formula is C19H40. The molecule has 0 aromatic rings. The van der Waals surface area contributed by atoms with Crippen LogP contribution in [0.5, 0.6) is 0 Å². The van der Waals surface area contributed by atoms with Crippen LogP contribution in [0, 0.1) is 29.1 Å². The Bertz CT molecular complexity index is 214. The first-order chi connectivity index (χ1) is 8.74. The Balaban J connectivity index is 4.47. The van der Waals surface area contributed by atoms with E-state index in [1.807, 2.05) is 0 Å². The molecule has 3 atom stereocenters. The van der Waals surface area contributed by atoms with Gasteiger partial charge in [0.1, 0.15) is 0 Å². The third-order valence-corrected chi connectivity index (χ3v) is 5.47. The van der Waals surface area contributed by atoms with Crippen molar-refractivity contribution in [3.8, 4) is 0 Å². The average Bonchev–Trinajstić information content (AvgIpc) is 2.34. The molecule has 0 nitrogen and oxygen atoms in total. The van der Waals surface area contributed by atoms with Gasteiger partial charge in [0.2, 0.25) is 0 Å². The zero-order chi connectivity index (χ0) is 15.1. The molecule has 0 aromatic heterocycles. The van der Waals surface area contributed by atoms with Crippen LogP contribution in [0.1, 0.15) is 93.9 Å². The van der Waals surface area contributed by atoms with Crippen LogP contribution in [0.25, 0.3) is 0 Å². The predicted molar refractivity (Wildman–Crippen MR) is 89.5 cm³/mol. The van der Waals surface area contributed by atoms with E-state index in [4.69, 9.17) is 0 Å². The summed E-state index contributed by atoms with van der Waals surface area (Å²) in [6, 6.07) is 0. The van der Waals surface area contributed by atoms with Crippen molar-refractivity contribution >= 4 is 0 Å². The van der Waals surface area contributed by atoms with Gasteiger partial charge in [0.25, 0.3) is 0 Å². The van der Waals surface area contributed by atoms with Crippen molar-refractivity contribution in [2.45, 2.75) is 93.9 Å². The van der Waals surface area contributed by atoms with Crippen molar-refractivity contribution in [2.75, 3.05) is 0 Å². The lowest BCUT2D eigenvalue weighted by Crippen LogP contribution is -2.28. The van der Waals surface area contributed by atoms with Crippen LogP contribution >= 0.6 is 0 Å². The fraction of sp³-hybridized carbons (Fsp3) is 1.00. The van der Waals surface area contributed by atoms with E-state index in [9.17, 15) is 0 Å². The van der Waals surface area contributed by atoms with E-state index in [0.717, 1.165) is 23.7 Å².